The summed E-state index contributed by atoms with van der Waals surface area (Å²) in [6, 6.07) is 3.98. The van der Waals surface area contributed by atoms with Crippen LogP contribution in [-0.2, 0) is 10.3 Å². The summed E-state index contributed by atoms with van der Waals surface area (Å²) < 4.78 is 5.22. The molecule has 3 heteroatoms. The molecule has 1 aromatic rings. The molecule has 0 aliphatic heterocycles. The molecule has 1 fully saturated rings. The van der Waals surface area contributed by atoms with Gasteiger partial charge in [-0.25, -0.2) is 4.79 Å². The Morgan fingerprint density at radius 2 is 1.88 bits per heavy atom. The molecule has 1 aromatic carbocycles. The average molecular weight is 217 g/mol. The Labute approximate surface area is 95.2 Å². The first-order chi connectivity index (χ1) is 7.63. The largest absolute Gasteiger partial charge is 0.497 e. The van der Waals surface area contributed by atoms with E-state index in [0.717, 1.165) is 35.3 Å². The van der Waals surface area contributed by atoms with E-state index in [0.29, 0.717) is 0 Å². The highest BCUT2D eigenvalue weighted by Gasteiger charge is 2.46. The summed E-state index contributed by atoms with van der Waals surface area (Å²) in [6.45, 7) is 4.07. The van der Waals surface area contributed by atoms with Gasteiger partial charge in [0.2, 0.25) is 6.08 Å². The van der Waals surface area contributed by atoms with Crippen molar-refractivity contribution in [3.8, 4) is 5.75 Å². The number of hydrogen-bond donors (Lipinski definition) is 0. The Morgan fingerprint density at radius 1 is 1.31 bits per heavy atom. The summed E-state index contributed by atoms with van der Waals surface area (Å²) in [5.41, 5.74) is 3.14. The predicted molar refractivity (Wildman–Crippen MR) is 61.5 cm³/mol. The van der Waals surface area contributed by atoms with Crippen molar-refractivity contribution in [3.63, 3.8) is 0 Å². The molecule has 0 heterocycles. The van der Waals surface area contributed by atoms with E-state index in [4.69, 9.17) is 4.74 Å². The molecule has 1 aliphatic carbocycles. The normalized spacial score (nSPS) is 16.4. The minimum absolute atomic E-state index is 0.289. The van der Waals surface area contributed by atoms with Crippen LogP contribution < -0.4 is 4.74 Å². The lowest BCUT2D eigenvalue weighted by Gasteiger charge is -2.16. The Bertz CT molecular complexity index is 446. The molecule has 0 atom stereocenters. The summed E-state index contributed by atoms with van der Waals surface area (Å²) in [6.07, 6.45) is 3.58. The van der Waals surface area contributed by atoms with Crippen molar-refractivity contribution < 1.29 is 9.53 Å². The van der Waals surface area contributed by atoms with Crippen LogP contribution in [0.4, 0.5) is 0 Å². The molecule has 0 saturated heterocycles. The molecule has 0 radical (unpaired) electrons. The van der Waals surface area contributed by atoms with E-state index >= 15 is 0 Å². The third-order valence-electron chi connectivity index (χ3n) is 3.19. The topological polar surface area (TPSA) is 38.7 Å². The van der Waals surface area contributed by atoms with Crippen molar-refractivity contribution in [3.05, 3.63) is 28.8 Å². The molecule has 0 unspecified atom stereocenters. The van der Waals surface area contributed by atoms with E-state index in [1.807, 2.05) is 26.0 Å². The number of hydrogen-bond acceptors (Lipinski definition) is 3. The standard InChI is InChI=1S/C13H15NO2/c1-9-6-11(16-3)7-10(2)12(9)13(4-5-13)14-8-15/h6-7H,4-5H2,1-3H3. The van der Waals surface area contributed by atoms with Crippen molar-refractivity contribution in [2.45, 2.75) is 32.2 Å². The lowest BCUT2D eigenvalue weighted by molar-refractivity contribution is 0.413. The number of nitrogens with zero attached hydrogens (tertiary/aromatic N) is 1. The van der Waals surface area contributed by atoms with Crippen LogP contribution in [0.1, 0.15) is 29.5 Å². The van der Waals surface area contributed by atoms with Gasteiger partial charge in [-0.1, -0.05) is 0 Å². The molecule has 2 rings (SSSR count). The van der Waals surface area contributed by atoms with E-state index in [1.165, 1.54) is 0 Å². The van der Waals surface area contributed by atoms with Gasteiger partial charge in [-0.3, -0.25) is 0 Å². The van der Waals surface area contributed by atoms with E-state index in [9.17, 15) is 4.79 Å². The number of ether oxygens (including phenoxy) is 1. The molecular formula is C13H15NO2. The van der Waals surface area contributed by atoms with Gasteiger partial charge < -0.3 is 4.74 Å². The van der Waals surface area contributed by atoms with Crippen LogP contribution in [0, 0.1) is 13.8 Å². The number of isocyanates is 1. The van der Waals surface area contributed by atoms with E-state index in [1.54, 1.807) is 13.2 Å². The van der Waals surface area contributed by atoms with Gasteiger partial charge in [0.15, 0.2) is 0 Å². The summed E-state index contributed by atoms with van der Waals surface area (Å²) in [4.78, 5) is 14.4. The lowest BCUT2D eigenvalue weighted by atomic mass is 9.94. The van der Waals surface area contributed by atoms with Crippen LogP contribution in [-0.4, -0.2) is 13.2 Å². The Hall–Kier alpha value is -1.60. The Morgan fingerprint density at radius 3 is 2.25 bits per heavy atom. The van der Waals surface area contributed by atoms with Crippen LogP contribution in [0.25, 0.3) is 0 Å². The third-order valence-corrected chi connectivity index (χ3v) is 3.19. The predicted octanol–water partition coefficient (Wildman–Crippen LogP) is 2.64. The van der Waals surface area contributed by atoms with Gasteiger partial charge in [0.25, 0.3) is 0 Å². The van der Waals surface area contributed by atoms with Crippen LogP contribution in [0.5, 0.6) is 5.75 Å². The molecule has 0 aromatic heterocycles. The number of aryl methyl sites for hydroxylation is 2. The maximum absolute atomic E-state index is 10.5. The first kappa shape index (κ1) is 10.9. The average Bonchev–Trinajstić information content (AvgIpc) is 2.98. The van der Waals surface area contributed by atoms with Crippen molar-refractivity contribution in [2.24, 2.45) is 4.99 Å². The number of rotatable bonds is 3. The van der Waals surface area contributed by atoms with Gasteiger partial charge in [0.05, 0.1) is 12.6 Å². The molecule has 16 heavy (non-hydrogen) atoms. The highest BCUT2D eigenvalue weighted by Crippen LogP contribution is 2.51. The number of methoxy groups -OCH3 is 1. The van der Waals surface area contributed by atoms with Crippen LogP contribution in [0.3, 0.4) is 0 Å². The van der Waals surface area contributed by atoms with E-state index in [-0.39, 0.29) is 5.54 Å². The maximum atomic E-state index is 10.5. The second kappa shape index (κ2) is 3.76. The fourth-order valence-electron chi connectivity index (χ4n) is 2.40. The highest BCUT2D eigenvalue weighted by molar-refractivity contribution is 5.50. The highest BCUT2D eigenvalue weighted by atomic mass is 16.5. The van der Waals surface area contributed by atoms with Gasteiger partial charge >= 0.3 is 0 Å². The maximum Gasteiger partial charge on any atom is 0.235 e. The van der Waals surface area contributed by atoms with Gasteiger partial charge in [-0.15, -0.1) is 0 Å². The summed E-state index contributed by atoms with van der Waals surface area (Å²) in [5.74, 6) is 0.852. The van der Waals surface area contributed by atoms with E-state index < -0.39 is 0 Å². The summed E-state index contributed by atoms with van der Waals surface area (Å²) >= 11 is 0. The fourth-order valence-corrected chi connectivity index (χ4v) is 2.40. The zero-order valence-electron chi connectivity index (χ0n) is 9.83. The van der Waals surface area contributed by atoms with E-state index in [2.05, 4.69) is 4.99 Å². The van der Waals surface area contributed by atoms with Crippen molar-refractivity contribution in [2.75, 3.05) is 7.11 Å². The quantitative estimate of drug-likeness (QED) is 0.576. The van der Waals surface area contributed by atoms with Gasteiger partial charge in [0.1, 0.15) is 5.75 Å². The van der Waals surface area contributed by atoms with Crippen molar-refractivity contribution >= 4 is 6.08 Å². The van der Waals surface area contributed by atoms with Crippen molar-refractivity contribution in [1.82, 2.24) is 0 Å². The summed E-state index contributed by atoms with van der Waals surface area (Å²) in [7, 11) is 1.66. The van der Waals surface area contributed by atoms with Crippen LogP contribution in [0.15, 0.2) is 17.1 Å². The first-order valence-corrected chi connectivity index (χ1v) is 5.38. The zero-order chi connectivity index (χ0) is 11.8. The number of benzene rings is 1. The third kappa shape index (κ3) is 1.63. The number of carbonyl (C=O) groups excluding carboxylic acids is 1. The molecular weight excluding hydrogens is 202 g/mol. The molecule has 0 bridgehead atoms. The molecule has 0 N–H and O–H groups in total. The van der Waals surface area contributed by atoms with Gasteiger partial charge in [-0.05, 0) is 55.5 Å². The second-order valence-corrected chi connectivity index (χ2v) is 4.37. The molecule has 84 valence electrons. The number of aliphatic imine (C=N–C) groups is 1. The van der Waals surface area contributed by atoms with Gasteiger partial charge in [-0.2, -0.15) is 4.99 Å². The fraction of sp³-hybridized carbons (Fsp3) is 0.462. The molecule has 0 amide bonds. The van der Waals surface area contributed by atoms with Crippen LogP contribution in [0.2, 0.25) is 0 Å². The van der Waals surface area contributed by atoms with Crippen LogP contribution >= 0.6 is 0 Å². The SMILES string of the molecule is COc1cc(C)c(C2(N=C=O)CC2)c(C)c1. The monoisotopic (exact) mass is 217 g/mol. The smallest absolute Gasteiger partial charge is 0.235 e. The lowest BCUT2D eigenvalue weighted by Crippen LogP contribution is -2.08. The first-order valence-electron chi connectivity index (χ1n) is 5.38. The molecule has 1 saturated carbocycles. The minimum atomic E-state index is -0.289. The zero-order valence-corrected chi connectivity index (χ0v) is 9.83. The molecule has 1 aliphatic rings. The van der Waals surface area contributed by atoms with Gasteiger partial charge in [0, 0.05) is 0 Å². The molecule has 0 spiro atoms. The van der Waals surface area contributed by atoms with Crippen molar-refractivity contribution in [1.29, 1.82) is 0 Å². The Balaban J connectivity index is 2.54. The summed E-state index contributed by atoms with van der Waals surface area (Å²) in [5, 5.41) is 0. The molecule has 3 nitrogen and oxygen atoms in total. The minimum Gasteiger partial charge on any atom is -0.497 e. The second-order valence-electron chi connectivity index (χ2n) is 4.37. The Kier molecular flexibility index (Phi) is 2.56.